The Morgan fingerprint density at radius 3 is 2.44 bits per heavy atom. The van der Waals surface area contributed by atoms with Crippen LogP contribution < -0.4 is 4.90 Å². The molecule has 27 heavy (non-hydrogen) atoms. The summed E-state index contributed by atoms with van der Waals surface area (Å²) in [6.07, 6.45) is 4.86. The lowest BCUT2D eigenvalue weighted by atomic mass is 9.85. The quantitative estimate of drug-likeness (QED) is 0.414. The van der Waals surface area contributed by atoms with Crippen molar-refractivity contribution < 1.29 is 23.9 Å². The summed E-state index contributed by atoms with van der Waals surface area (Å²) >= 11 is 1.29. The van der Waals surface area contributed by atoms with Crippen LogP contribution in [0, 0.1) is 11.8 Å². The van der Waals surface area contributed by atoms with E-state index in [1.54, 1.807) is 5.38 Å². The Bertz CT molecular complexity index is 777. The van der Waals surface area contributed by atoms with E-state index in [9.17, 15) is 19.2 Å². The highest BCUT2D eigenvalue weighted by molar-refractivity contribution is 7.14. The molecule has 0 saturated carbocycles. The van der Waals surface area contributed by atoms with Crippen LogP contribution in [-0.2, 0) is 30.5 Å². The van der Waals surface area contributed by atoms with Gasteiger partial charge in [-0.3, -0.25) is 29.0 Å². The van der Waals surface area contributed by atoms with Crippen LogP contribution in [0.2, 0.25) is 0 Å². The molecule has 2 aliphatic rings. The molecule has 1 aromatic rings. The second kappa shape index (κ2) is 7.99. The Balaban J connectivity index is 1.55. The molecule has 1 fully saturated rings. The third-order valence-electron chi connectivity index (χ3n) is 4.73. The highest BCUT2D eigenvalue weighted by Gasteiger charge is 2.47. The molecule has 0 spiro atoms. The molecule has 144 valence electrons. The molecule has 8 nitrogen and oxygen atoms in total. The molecule has 2 atom stereocenters. The number of ether oxygens (including phenoxy) is 1. The molecule has 3 amide bonds. The zero-order chi connectivity index (χ0) is 19.6. The van der Waals surface area contributed by atoms with Gasteiger partial charge in [-0.15, -0.1) is 11.3 Å². The predicted molar refractivity (Wildman–Crippen MR) is 97.7 cm³/mol. The number of fused-ring (bicyclic) bond motifs is 1. The van der Waals surface area contributed by atoms with E-state index in [1.165, 1.54) is 23.2 Å². The number of rotatable bonds is 6. The van der Waals surface area contributed by atoms with Crippen molar-refractivity contribution in [3.05, 3.63) is 23.2 Å². The van der Waals surface area contributed by atoms with E-state index in [0.29, 0.717) is 30.2 Å². The van der Waals surface area contributed by atoms with Gasteiger partial charge >= 0.3 is 5.97 Å². The monoisotopic (exact) mass is 391 g/mol. The lowest BCUT2D eigenvalue weighted by molar-refractivity contribution is -0.153. The molecule has 1 aliphatic heterocycles. The summed E-state index contributed by atoms with van der Waals surface area (Å²) in [6.45, 7) is 3.35. The first-order valence-corrected chi connectivity index (χ1v) is 9.68. The first kappa shape index (κ1) is 19.2. The van der Waals surface area contributed by atoms with Crippen LogP contribution in [0.25, 0.3) is 0 Å². The van der Waals surface area contributed by atoms with Gasteiger partial charge in [0.1, 0.15) is 13.2 Å². The largest absolute Gasteiger partial charge is 0.458 e. The van der Waals surface area contributed by atoms with Crippen molar-refractivity contribution in [2.24, 2.45) is 11.8 Å². The summed E-state index contributed by atoms with van der Waals surface area (Å²) in [6, 6.07) is 0. The van der Waals surface area contributed by atoms with Crippen LogP contribution >= 0.6 is 11.3 Å². The normalized spacial score (nSPS) is 21.3. The number of likely N-dealkylation sites (tertiary alicyclic amines) is 1. The molecule has 9 heteroatoms. The average molecular weight is 391 g/mol. The van der Waals surface area contributed by atoms with Crippen molar-refractivity contribution in [1.82, 2.24) is 9.88 Å². The van der Waals surface area contributed by atoms with Gasteiger partial charge in [-0.05, 0) is 19.8 Å². The zero-order valence-electron chi connectivity index (χ0n) is 15.2. The first-order chi connectivity index (χ1) is 12.9. The van der Waals surface area contributed by atoms with E-state index in [0.717, 1.165) is 4.90 Å². The number of hydrogen-bond acceptors (Lipinski definition) is 7. The number of hydrogen-bond donors (Lipinski definition) is 0. The molecule has 1 saturated heterocycles. The van der Waals surface area contributed by atoms with Crippen LogP contribution in [-0.4, -0.2) is 46.7 Å². The van der Waals surface area contributed by atoms with Crippen LogP contribution in [0.1, 0.15) is 32.4 Å². The van der Waals surface area contributed by atoms with E-state index in [4.69, 9.17) is 4.74 Å². The number of nitrogens with zero attached hydrogens (tertiary/aromatic N) is 3. The summed E-state index contributed by atoms with van der Waals surface area (Å²) in [5, 5.41) is 2.25. The van der Waals surface area contributed by atoms with E-state index >= 15 is 0 Å². The molecule has 2 heterocycles. The molecule has 3 rings (SSSR count). The second-order valence-electron chi connectivity index (χ2n) is 6.46. The molecule has 1 aromatic heterocycles. The SMILES string of the molecule is CCN(C(C)=O)c1nc(COC(=O)CN2C(=O)C3CC=CCC3C2=O)cs1. The summed E-state index contributed by atoms with van der Waals surface area (Å²) in [5.41, 5.74) is 0.514. The number of carbonyl (C=O) groups excluding carboxylic acids is 4. The standard InChI is InChI=1S/C18H21N3O5S/c1-3-20(11(2)22)18-19-12(10-27-18)9-26-15(23)8-21-16(24)13-6-4-5-7-14(13)17(21)25/h4-5,10,13-14H,3,6-9H2,1-2H3. The Morgan fingerprint density at radius 2 is 1.89 bits per heavy atom. The number of aromatic nitrogens is 1. The molecule has 1 aliphatic carbocycles. The minimum absolute atomic E-state index is 0.0740. The molecule has 0 N–H and O–H groups in total. The number of thiazole rings is 1. The van der Waals surface area contributed by atoms with Gasteiger partial charge in [0.25, 0.3) is 0 Å². The predicted octanol–water partition coefficient (Wildman–Crippen LogP) is 1.51. The van der Waals surface area contributed by atoms with Gasteiger partial charge < -0.3 is 4.74 Å². The molecule has 0 aromatic carbocycles. The maximum absolute atomic E-state index is 12.4. The molecule has 0 bridgehead atoms. The molecule has 0 radical (unpaired) electrons. The number of carbonyl (C=O) groups is 4. The van der Waals surface area contributed by atoms with Gasteiger partial charge in [0.2, 0.25) is 17.7 Å². The van der Waals surface area contributed by atoms with Gasteiger partial charge in [-0.25, -0.2) is 4.98 Å². The lowest BCUT2D eigenvalue weighted by Gasteiger charge is -2.14. The zero-order valence-corrected chi connectivity index (χ0v) is 16.0. The fraction of sp³-hybridized carbons (Fsp3) is 0.500. The molecular formula is C18H21N3O5S. The van der Waals surface area contributed by atoms with Gasteiger partial charge in [0, 0.05) is 18.8 Å². The van der Waals surface area contributed by atoms with E-state index in [-0.39, 0.29) is 42.7 Å². The fourth-order valence-corrected chi connectivity index (χ4v) is 4.25. The maximum atomic E-state index is 12.4. The minimum atomic E-state index is -0.656. The number of imide groups is 1. The smallest absolute Gasteiger partial charge is 0.326 e. The Labute approximate surface area is 160 Å². The molecule has 2 unspecified atom stereocenters. The third-order valence-corrected chi connectivity index (χ3v) is 5.65. The van der Waals surface area contributed by atoms with E-state index in [2.05, 4.69) is 4.98 Å². The van der Waals surface area contributed by atoms with Crippen LogP contribution in [0.4, 0.5) is 5.13 Å². The van der Waals surface area contributed by atoms with E-state index in [1.807, 2.05) is 19.1 Å². The van der Waals surface area contributed by atoms with Crippen molar-refractivity contribution in [3.63, 3.8) is 0 Å². The highest BCUT2D eigenvalue weighted by atomic mass is 32.1. The fourth-order valence-electron chi connectivity index (χ4n) is 3.33. The number of esters is 1. The third kappa shape index (κ3) is 3.92. The van der Waals surface area contributed by atoms with Crippen LogP contribution in [0.5, 0.6) is 0 Å². The van der Waals surface area contributed by atoms with Crippen molar-refractivity contribution >= 4 is 40.2 Å². The lowest BCUT2D eigenvalue weighted by Crippen LogP contribution is -2.36. The van der Waals surface area contributed by atoms with E-state index < -0.39 is 5.97 Å². The van der Waals surface area contributed by atoms with Crippen molar-refractivity contribution in [3.8, 4) is 0 Å². The summed E-state index contributed by atoms with van der Waals surface area (Å²) in [4.78, 5) is 55.2. The van der Waals surface area contributed by atoms with Crippen molar-refractivity contribution in [2.75, 3.05) is 18.0 Å². The summed E-state index contributed by atoms with van der Waals surface area (Å²) in [5.74, 6) is -2.09. The van der Waals surface area contributed by atoms with Gasteiger partial charge in [-0.2, -0.15) is 0 Å². The Kier molecular flexibility index (Phi) is 5.69. The number of amides is 3. The van der Waals surface area contributed by atoms with Gasteiger partial charge in [-0.1, -0.05) is 12.2 Å². The Morgan fingerprint density at radius 1 is 1.26 bits per heavy atom. The van der Waals surface area contributed by atoms with Gasteiger partial charge in [0.15, 0.2) is 5.13 Å². The number of allylic oxidation sites excluding steroid dienone is 2. The summed E-state index contributed by atoms with van der Waals surface area (Å²) in [7, 11) is 0. The molecular weight excluding hydrogens is 370 g/mol. The van der Waals surface area contributed by atoms with Crippen molar-refractivity contribution in [2.45, 2.75) is 33.3 Å². The Hall–Kier alpha value is -2.55. The van der Waals surface area contributed by atoms with Gasteiger partial charge in [0.05, 0.1) is 17.5 Å². The summed E-state index contributed by atoms with van der Waals surface area (Å²) < 4.78 is 5.17. The first-order valence-electron chi connectivity index (χ1n) is 8.80. The highest BCUT2D eigenvalue weighted by Crippen LogP contribution is 2.34. The van der Waals surface area contributed by atoms with Crippen LogP contribution in [0.3, 0.4) is 0 Å². The second-order valence-corrected chi connectivity index (χ2v) is 7.30. The topological polar surface area (TPSA) is 96.9 Å². The minimum Gasteiger partial charge on any atom is -0.458 e. The average Bonchev–Trinajstić information content (AvgIpc) is 3.20. The van der Waals surface area contributed by atoms with Crippen molar-refractivity contribution in [1.29, 1.82) is 0 Å². The van der Waals surface area contributed by atoms with Crippen LogP contribution in [0.15, 0.2) is 17.5 Å². The number of anilines is 1. The maximum Gasteiger partial charge on any atom is 0.326 e.